The summed E-state index contributed by atoms with van der Waals surface area (Å²) in [5.41, 5.74) is 15.2. The molecule has 62 heavy (non-hydrogen) atoms. The van der Waals surface area contributed by atoms with Crippen LogP contribution in [0.5, 0.6) is 0 Å². The molecular formula is C58H45N3O. The van der Waals surface area contributed by atoms with Gasteiger partial charge in [-0.05, 0) is 83.9 Å². The second kappa shape index (κ2) is 18.0. The Morgan fingerprint density at radius 2 is 1.06 bits per heavy atom. The number of aromatic nitrogens is 1. The summed E-state index contributed by atoms with van der Waals surface area (Å²) in [5, 5.41) is 12.6. The Labute approximate surface area is 362 Å². The van der Waals surface area contributed by atoms with Gasteiger partial charge in [-0.1, -0.05) is 181 Å². The van der Waals surface area contributed by atoms with Crippen molar-refractivity contribution in [2.75, 3.05) is 0 Å². The van der Waals surface area contributed by atoms with Gasteiger partial charge in [0, 0.05) is 50.1 Å². The van der Waals surface area contributed by atoms with E-state index in [1.807, 2.05) is 60.7 Å². The van der Waals surface area contributed by atoms with E-state index in [0.29, 0.717) is 6.54 Å². The Kier molecular flexibility index (Phi) is 11.5. The highest BCUT2D eigenvalue weighted by Crippen LogP contribution is 2.43. The number of nitrogens with one attached hydrogen (secondary N) is 1. The minimum absolute atomic E-state index is 0.645. The average molecular weight is 800 g/mol. The molecule has 0 aliphatic carbocycles. The molecule has 0 spiro atoms. The van der Waals surface area contributed by atoms with Crippen LogP contribution in [0.25, 0.3) is 82.8 Å². The molecule has 0 amide bonds. The zero-order chi connectivity index (χ0) is 42.3. The number of furan rings is 1. The highest BCUT2D eigenvalue weighted by molar-refractivity contribution is 6.19. The lowest BCUT2D eigenvalue weighted by molar-refractivity contribution is 0.671. The molecule has 0 bridgehead atoms. The van der Waals surface area contributed by atoms with Crippen molar-refractivity contribution in [1.29, 1.82) is 5.41 Å². The van der Waals surface area contributed by atoms with Gasteiger partial charge < -0.3 is 14.4 Å². The molecule has 4 heteroatoms. The molecule has 0 saturated carbocycles. The molecule has 11 rings (SSSR count). The maximum Gasteiger partial charge on any atom is 0.143 e. The molecule has 1 N–H and O–H groups in total. The van der Waals surface area contributed by atoms with Crippen molar-refractivity contribution in [3.8, 4) is 39.1 Å². The molecular weight excluding hydrogens is 755 g/mol. The first-order valence-electron chi connectivity index (χ1n) is 20.8. The molecule has 0 fully saturated rings. The van der Waals surface area contributed by atoms with Gasteiger partial charge in [-0.2, -0.15) is 0 Å². The maximum atomic E-state index is 8.08. The van der Waals surface area contributed by atoms with Crippen LogP contribution >= 0.6 is 0 Å². The maximum absolute atomic E-state index is 8.08. The first kappa shape index (κ1) is 39.4. The quantitative estimate of drug-likeness (QED) is 0.160. The van der Waals surface area contributed by atoms with Gasteiger partial charge in [0.1, 0.15) is 11.2 Å². The summed E-state index contributed by atoms with van der Waals surface area (Å²) in [7, 11) is 0. The van der Waals surface area contributed by atoms with Crippen LogP contribution in [0.1, 0.15) is 16.7 Å². The van der Waals surface area contributed by atoms with Gasteiger partial charge >= 0.3 is 0 Å². The fourth-order valence-corrected chi connectivity index (χ4v) is 8.24. The number of rotatable bonds is 7. The molecule has 4 nitrogen and oxygen atoms in total. The second-order valence-corrected chi connectivity index (χ2v) is 15.2. The molecule has 0 aliphatic heterocycles. The van der Waals surface area contributed by atoms with E-state index in [-0.39, 0.29) is 0 Å². The van der Waals surface area contributed by atoms with Crippen LogP contribution in [0.15, 0.2) is 228 Å². The van der Waals surface area contributed by atoms with Crippen LogP contribution < -0.4 is 0 Å². The lowest BCUT2D eigenvalue weighted by Gasteiger charge is -2.08. The number of benzene rings is 9. The van der Waals surface area contributed by atoms with E-state index in [9.17, 15) is 0 Å². The second-order valence-electron chi connectivity index (χ2n) is 15.2. The number of hydrogen-bond acceptors (Lipinski definition) is 3. The van der Waals surface area contributed by atoms with Gasteiger partial charge in [-0.25, -0.2) is 0 Å². The van der Waals surface area contributed by atoms with Crippen molar-refractivity contribution in [2.24, 2.45) is 4.99 Å². The Hall–Kier alpha value is -8.08. The van der Waals surface area contributed by atoms with Crippen molar-refractivity contribution in [3.63, 3.8) is 0 Å². The summed E-state index contributed by atoms with van der Waals surface area (Å²) in [4.78, 5) is 4.01. The van der Waals surface area contributed by atoms with Crippen LogP contribution in [0.4, 0.5) is 0 Å². The smallest absolute Gasteiger partial charge is 0.143 e. The predicted octanol–water partition coefficient (Wildman–Crippen LogP) is 15.6. The third-order valence-corrected chi connectivity index (χ3v) is 11.2. The Morgan fingerprint density at radius 1 is 0.500 bits per heavy atom. The van der Waals surface area contributed by atoms with Gasteiger partial charge in [-0.3, -0.25) is 4.99 Å². The first-order valence-corrected chi connectivity index (χ1v) is 20.8. The van der Waals surface area contributed by atoms with Crippen molar-refractivity contribution in [2.45, 2.75) is 13.5 Å². The van der Waals surface area contributed by atoms with E-state index >= 15 is 0 Å². The lowest BCUT2D eigenvalue weighted by atomic mass is 9.94. The molecule has 0 aliphatic rings. The molecule has 0 radical (unpaired) electrons. The molecule has 0 unspecified atom stereocenters. The number of nitrogens with zero attached hydrogens (tertiary/aromatic N) is 2. The van der Waals surface area contributed by atoms with Crippen molar-refractivity contribution in [1.82, 2.24) is 4.57 Å². The monoisotopic (exact) mass is 799 g/mol. The lowest BCUT2D eigenvalue weighted by Crippen LogP contribution is -1.93. The highest BCUT2D eigenvalue weighted by Gasteiger charge is 2.20. The fraction of sp³-hybridized carbons (Fsp3) is 0.0345. The van der Waals surface area contributed by atoms with E-state index < -0.39 is 0 Å². The minimum Gasteiger partial charge on any atom is -0.455 e. The van der Waals surface area contributed by atoms with E-state index in [1.165, 1.54) is 44.8 Å². The summed E-state index contributed by atoms with van der Waals surface area (Å²) >= 11 is 0. The number of hydrogen-bond donors (Lipinski definition) is 1. The van der Waals surface area contributed by atoms with Gasteiger partial charge in [0.2, 0.25) is 0 Å². The normalized spacial score (nSPS) is 10.9. The third-order valence-electron chi connectivity index (χ3n) is 11.2. The number of fused-ring (bicyclic) bond motifs is 6. The van der Waals surface area contributed by atoms with E-state index in [1.54, 1.807) is 0 Å². The molecule has 2 aromatic heterocycles. The highest BCUT2D eigenvalue weighted by atomic mass is 16.3. The van der Waals surface area contributed by atoms with E-state index in [0.717, 1.165) is 60.9 Å². The Bertz CT molecular complexity index is 3280. The third kappa shape index (κ3) is 7.98. The summed E-state index contributed by atoms with van der Waals surface area (Å²) in [6.07, 6.45) is 1.42. The van der Waals surface area contributed by atoms with Crippen LogP contribution in [0, 0.1) is 12.3 Å². The topological polar surface area (TPSA) is 54.3 Å². The van der Waals surface area contributed by atoms with Crippen molar-refractivity contribution in [3.05, 3.63) is 235 Å². The summed E-state index contributed by atoms with van der Waals surface area (Å²) in [6.45, 7) is 6.33. The number of aliphatic imine (C=N–C) groups is 1. The Balaban J connectivity index is 0.000000144. The zero-order valence-corrected chi connectivity index (χ0v) is 34.6. The van der Waals surface area contributed by atoms with Gasteiger partial charge in [0.15, 0.2) is 0 Å². The molecule has 2 heterocycles. The van der Waals surface area contributed by atoms with Gasteiger partial charge in [0.25, 0.3) is 0 Å². The molecule has 298 valence electrons. The van der Waals surface area contributed by atoms with E-state index in [4.69, 9.17) is 9.83 Å². The van der Waals surface area contributed by atoms with Crippen molar-refractivity contribution >= 4 is 56.7 Å². The predicted molar refractivity (Wildman–Crippen MR) is 263 cm³/mol. The number of aryl methyl sites for hydroxylation is 1. The SMILES string of the molecule is C=NCc1ccc2c3ccccc3n(-c3ccccc3)c2c1.Cc1ccccc1.N=Cc1ccc(-c2ccccc2)c2oc3c(-c4ccccc4)cc(-c4ccccc4)cc3c12. The van der Waals surface area contributed by atoms with Crippen LogP contribution in [-0.4, -0.2) is 17.5 Å². The van der Waals surface area contributed by atoms with Crippen LogP contribution in [0.3, 0.4) is 0 Å². The summed E-state index contributed by atoms with van der Waals surface area (Å²) < 4.78 is 8.97. The van der Waals surface area contributed by atoms with Gasteiger partial charge in [0.05, 0.1) is 17.6 Å². The van der Waals surface area contributed by atoms with Crippen molar-refractivity contribution < 1.29 is 4.42 Å². The molecule has 0 saturated heterocycles. The van der Waals surface area contributed by atoms with Crippen LogP contribution in [-0.2, 0) is 6.54 Å². The fourth-order valence-electron chi connectivity index (χ4n) is 8.24. The molecule has 11 aromatic rings. The molecule has 9 aromatic carbocycles. The largest absolute Gasteiger partial charge is 0.455 e. The standard InChI is InChI=1S/C31H21NO.C20H16N2.C7H8/c32-20-24-16-17-26(22-12-6-2-7-13-22)31-29(24)28-19-25(21-10-4-1-5-11-21)18-27(30(28)33-31)23-14-8-3-9-15-23;1-21-14-15-11-12-18-17-9-5-6-10-19(17)22(20(18)13-15)16-7-3-2-4-8-16;1-7-5-3-2-4-6-7/h1-20,32H;2-13H,1,14H2;2-6H,1H3. The summed E-state index contributed by atoms with van der Waals surface area (Å²) in [6, 6.07) is 75.4. The molecule has 0 atom stereocenters. The average Bonchev–Trinajstić information content (AvgIpc) is 3.89. The summed E-state index contributed by atoms with van der Waals surface area (Å²) in [5.74, 6) is 0. The first-order chi connectivity index (χ1) is 30.6. The number of para-hydroxylation sites is 2. The zero-order valence-electron chi connectivity index (χ0n) is 34.6. The van der Waals surface area contributed by atoms with Gasteiger partial charge in [-0.15, -0.1) is 0 Å². The minimum atomic E-state index is 0.645. The van der Waals surface area contributed by atoms with Crippen LogP contribution in [0.2, 0.25) is 0 Å². The Morgan fingerprint density at radius 3 is 1.68 bits per heavy atom. The van der Waals surface area contributed by atoms with E-state index in [2.05, 4.69) is 181 Å².